The molecule has 5 rings (SSSR count). The Bertz CT molecular complexity index is 1260. The lowest BCUT2D eigenvalue weighted by atomic mass is 10.0. The first-order valence-electron chi connectivity index (χ1n) is 13.3. The number of imidazole rings is 1. The highest BCUT2D eigenvalue weighted by atomic mass is 35.5. The molecule has 0 unspecified atom stereocenters. The summed E-state index contributed by atoms with van der Waals surface area (Å²) < 4.78 is 7.96. The number of nitrogens with zero attached hydrogens (tertiary/aromatic N) is 4. The second kappa shape index (κ2) is 11.9. The van der Waals surface area contributed by atoms with E-state index in [9.17, 15) is 9.59 Å². The second-order valence-corrected chi connectivity index (χ2v) is 10.5. The number of amides is 2. The lowest BCUT2D eigenvalue weighted by Crippen LogP contribution is -2.50. The second-order valence-electron chi connectivity index (χ2n) is 10.1. The van der Waals surface area contributed by atoms with Gasteiger partial charge in [-0.1, -0.05) is 29.8 Å². The van der Waals surface area contributed by atoms with Gasteiger partial charge in [-0.25, -0.2) is 4.98 Å². The molecule has 1 aromatic heterocycles. The minimum absolute atomic E-state index is 0.0851. The Morgan fingerprint density at radius 3 is 2.63 bits per heavy atom. The van der Waals surface area contributed by atoms with Crippen LogP contribution in [-0.4, -0.2) is 58.0 Å². The van der Waals surface area contributed by atoms with Crippen LogP contribution in [0.3, 0.4) is 0 Å². The van der Waals surface area contributed by atoms with Crippen LogP contribution in [0, 0.1) is 6.92 Å². The van der Waals surface area contributed by atoms with Crippen LogP contribution < -0.4 is 15.0 Å². The molecule has 2 aliphatic rings. The zero-order chi connectivity index (χ0) is 26.5. The van der Waals surface area contributed by atoms with E-state index in [0.29, 0.717) is 29.4 Å². The Morgan fingerprint density at radius 2 is 1.89 bits per heavy atom. The van der Waals surface area contributed by atoms with E-state index in [1.807, 2.05) is 12.1 Å². The van der Waals surface area contributed by atoms with Gasteiger partial charge < -0.3 is 24.4 Å². The molecule has 2 saturated heterocycles. The Balaban J connectivity index is 1.16. The maximum atomic E-state index is 13.2. The van der Waals surface area contributed by atoms with E-state index in [1.54, 1.807) is 34.3 Å². The van der Waals surface area contributed by atoms with E-state index in [0.717, 1.165) is 38.8 Å². The number of ether oxygens (including phenoxy) is 1. The summed E-state index contributed by atoms with van der Waals surface area (Å²) in [6, 6.07) is 13.3. The Morgan fingerprint density at radius 1 is 1.08 bits per heavy atom. The number of para-hydroxylation sites is 1. The van der Waals surface area contributed by atoms with Crippen LogP contribution in [0.25, 0.3) is 0 Å². The Kier molecular flexibility index (Phi) is 8.17. The van der Waals surface area contributed by atoms with Crippen molar-refractivity contribution in [1.29, 1.82) is 0 Å². The number of aryl methyl sites for hydroxylation is 1. The number of anilines is 2. The van der Waals surface area contributed by atoms with Crippen molar-refractivity contribution in [3.63, 3.8) is 0 Å². The lowest BCUT2D eigenvalue weighted by molar-refractivity contribution is -0.140. The van der Waals surface area contributed by atoms with Crippen molar-refractivity contribution in [2.45, 2.75) is 57.7 Å². The number of rotatable bonds is 7. The van der Waals surface area contributed by atoms with E-state index in [4.69, 9.17) is 16.3 Å². The molecule has 2 amide bonds. The first-order valence-corrected chi connectivity index (χ1v) is 13.7. The number of aromatic nitrogens is 2. The summed E-state index contributed by atoms with van der Waals surface area (Å²) in [6.07, 6.45) is 9.33. The molecule has 1 N–H and O–H groups in total. The molecular weight excluding hydrogens is 502 g/mol. The highest BCUT2D eigenvalue weighted by Gasteiger charge is 2.32. The van der Waals surface area contributed by atoms with Crippen molar-refractivity contribution < 1.29 is 14.3 Å². The Labute approximate surface area is 228 Å². The zero-order valence-electron chi connectivity index (χ0n) is 21.7. The number of carbonyl (C=O) groups is 2. The first kappa shape index (κ1) is 26.1. The number of hydrogen-bond acceptors (Lipinski definition) is 5. The minimum Gasteiger partial charge on any atom is -0.489 e. The number of benzene rings is 2. The van der Waals surface area contributed by atoms with Gasteiger partial charge >= 0.3 is 0 Å². The zero-order valence-corrected chi connectivity index (χ0v) is 22.4. The monoisotopic (exact) mass is 535 g/mol. The van der Waals surface area contributed by atoms with Crippen molar-refractivity contribution in [3.8, 4) is 5.75 Å². The Hall–Kier alpha value is -3.52. The topological polar surface area (TPSA) is 79.7 Å². The summed E-state index contributed by atoms with van der Waals surface area (Å²) in [5.41, 5.74) is 3.16. The van der Waals surface area contributed by atoms with Gasteiger partial charge in [0.05, 0.1) is 11.3 Å². The molecule has 3 heterocycles. The SMILES string of the molecule is Cc1ccccc1N1CCC(Oc2ccc(NC(=O)[C@H]3CCCCN3C(=O)Cn3ccnc3)cc2Cl)CC1. The maximum Gasteiger partial charge on any atom is 0.247 e. The molecule has 0 radical (unpaired) electrons. The van der Waals surface area contributed by atoms with Gasteiger partial charge in [0.2, 0.25) is 11.8 Å². The number of halogens is 1. The number of piperidine rings is 2. The largest absolute Gasteiger partial charge is 0.489 e. The van der Waals surface area contributed by atoms with Gasteiger partial charge in [-0.3, -0.25) is 9.59 Å². The molecule has 38 heavy (non-hydrogen) atoms. The van der Waals surface area contributed by atoms with E-state index in [2.05, 4.69) is 46.4 Å². The number of likely N-dealkylation sites (tertiary alicyclic amines) is 1. The van der Waals surface area contributed by atoms with Crippen LogP contribution in [0.4, 0.5) is 11.4 Å². The van der Waals surface area contributed by atoms with Crippen molar-refractivity contribution >= 4 is 34.8 Å². The third kappa shape index (κ3) is 6.13. The third-order valence-corrected chi connectivity index (χ3v) is 7.69. The standard InChI is InChI=1S/C29H34ClN5O3/c1-21-6-2-3-7-25(21)34-15-11-23(12-16-34)38-27-10-9-22(18-24(27)30)32-29(37)26-8-4-5-14-35(26)28(36)19-33-17-13-31-20-33/h2-3,6-7,9-10,13,17-18,20,23,26H,4-5,8,11-12,14-16,19H2,1H3,(H,32,37)/t26-/m1/s1. The summed E-state index contributed by atoms with van der Waals surface area (Å²) in [6.45, 7) is 4.74. The summed E-state index contributed by atoms with van der Waals surface area (Å²) in [5, 5.41) is 3.42. The molecule has 9 heteroatoms. The van der Waals surface area contributed by atoms with Gasteiger partial charge in [-0.05, 0) is 56.0 Å². The molecular formula is C29H34ClN5O3. The van der Waals surface area contributed by atoms with E-state index in [-0.39, 0.29) is 24.5 Å². The fraction of sp³-hybridized carbons (Fsp3) is 0.414. The highest BCUT2D eigenvalue weighted by Crippen LogP contribution is 2.32. The highest BCUT2D eigenvalue weighted by molar-refractivity contribution is 6.32. The van der Waals surface area contributed by atoms with Gasteiger partial charge in [0.1, 0.15) is 24.4 Å². The van der Waals surface area contributed by atoms with Gasteiger partial charge in [-0.15, -0.1) is 0 Å². The molecule has 8 nitrogen and oxygen atoms in total. The van der Waals surface area contributed by atoms with Crippen LogP contribution in [-0.2, 0) is 16.1 Å². The fourth-order valence-electron chi connectivity index (χ4n) is 5.34. The summed E-state index contributed by atoms with van der Waals surface area (Å²) in [5.74, 6) is 0.337. The van der Waals surface area contributed by atoms with Gasteiger partial charge in [-0.2, -0.15) is 0 Å². The molecule has 1 atom stereocenters. The van der Waals surface area contributed by atoms with Crippen LogP contribution >= 0.6 is 11.6 Å². The smallest absolute Gasteiger partial charge is 0.247 e. The summed E-state index contributed by atoms with van der Waals surface area (Å²) >= 11 is 6.56. The molecule has 0 saturated carbocycles. The molecule has 2 aliphatic heterocycles. The van der Waals surface area contributed by atoms with Gasteiger partial charge in [0, 0.05) is 56.2 Å². The normalized spacial score (nSPS) is 18.3. The van der Waals surface area contributed by atoms with Crippen molar-refractivity contribution in [3.05, 3.63) is 71.8 Å². The first-order chi connectivity index (χ1) is 18.5. The van der Waals surface area contributed by atoms with E-state index >= 15 is 0 Å². The van der Waals surface area contributed by atoms with Gasteiger partial charge in [0.15, 0.2) is 0 Å². The van der Waals surface area contributed by atoms with Crippen LogP contribution in [0.15, 0.2) is 61.2 Å². The molecule has 0 aliphatic carbocycles. The molecule has 2 aromatic carbocycles. The van der Waals surface area contributed by atoms with Gasteiger partial charge in [0.25, 0.3) is 0 Å². The van der Waals surface area contributed by atoms with Crippen molar-refractivity contribution in [2.75, 3.05) is 29.9 Å². The van der Waals surface area contributed by atoms with E-state index in [1.165, 1.54) is 11.3 Å². The van der Waals surface area contributed by atoms with Crippen molar-refractivity contribution in [2.24, 2.45) is 0 Å². The summed E-state index contributed by atoms with van der Waals surface area (Å²) in [7, 11) is 0. The number of hydrogen-bond donors (Lipinski definition) is 1. The fourth-order valence-corrected chi connectivity index (χ4v) is 5.57. The predicted molar refractivity (Wildman–Crippen MR) is 149 cm³/mol. The predicted octanol–water partition coefficient (Wildman–Crippen LogP) is 4.91. The van der Waals surface area contributed by atoms with Crippen LogP contribution in [0.2, 0.25) is 5.02 Å². The minimum atomic E-state index is -0.507. The average molecular weight is 536 g/mol. The third-order valence-electron chi connectivity index (χ3n) is 7.39. The number of carbonyl (C=O) groups excluding carboxylic acids is 2. The molecule has 0 spiro atoms. The summed E-state index contributed by atoms with van der Waals surface area (Å²) in [4.78, 5) is 34.1. The molecule has 2 fully saturated rings. The molecule has 3 aromatic rings. The molecule has 200 valence electrons. The van der Waals surface area contributed by atoms with E-state index < -0.39 is 6.04 Å². The van der Waals surface area contributed by atoms with Crippen molar-refractivity contribution in [1.82, 2.24) is 14.5 Å². The molecule has 0 bridgehead atoms. The average Bonchev–Trinajstić information content (AvgIpc) is 3.44. The maximum absolute atomic E-state index is 13.2. The quantitative estimate of drug-likeness (QED) is 0.465. The van der Waals surface area contributed by atoms with Crippen LogP contribution in [0.1, 0.15) is 37.7 Å². The van der Waals surface area contributed by atoms with Crippen LogP contribution in [0.5, 0.6) is 5.75 Å². The lowest BCUT2D eigenvalue weighted by Gasteiger charge is -2.35. The number of nitrogens with one attached hydrogen (secondary N) is 1.